The van der Waals surface area contributed by atoms with Gasteiger partial charge in [-0.05, 0) is 24.6 Å². The second-order valence-electron chi connectivity index (χ2n) is 3.32. The van der Waals surface area contributed by atoms with Crippen molar-refractivity contribution in [1.82, 2.24) is 0 Å². The Balaban J connectivity index is 2.77. The third-order valence-corrected chi connectivity index (χ3v) is 2.73. The Hall–Kier alpha value is -0.240. The van der Waals surface area contributed by atoms with Crippen LogP contribution in [0.2, 0.25) is 10.0 Å². The number of hydrogen-bond acceptors (Lipinski definition) is 1. The van der Waals surface area contributed by atoms with E-state index in [-0.39, 0.29) is 0 Å². The Morgan fingerprint density at radius 1 is 1.36 bits per heavy atom. The summed E-state index contributed by atoms with van der Waals surface area (Å²) in [7, 11) is 0. The first-order valence-electron chi connectivity index (χ1n) is 4.78. The van der Waals surface area contributed by atoms with E-state index in [9.17, 15) is 5.11 Å². The molecule has 0 aliphatic rings. The third-order valence-electron chi connectivity index (χ3n) is 2.15. The lowest BCUT2D eigenvalue weighted by atomic mass is 10.0. The molecule has 1 nitrogen and oxygen atoms in total. The maximum absolute atomic E-state index is 9.81. The van der Waals surface area contributed by atoms with Gasteiger partial charge in [0.2, 0.25) is 0 Å². The van der Waals surface area contributed by atoms with Gasteiger partial charge in [-0.25, -0.2) is 0 Å². The topological polar surface area (TPSA) is 20.2 Å². The van der Waals surface area contributed by atoms with Crippen molar-refractivity contribution >= 4 is 23.2 Å². The summed E-state index contributed by atoms with van der Waals surface area (Å²) >= 11 is 11.8. The Bertz CT molecular complexity index is 299. The summed E-state index contributed by atoms with van der Waals surface area (Å²) in [5.41, 5.74) is 0.729. The molecule has 3 heteroatoms. The van der Waals surface area contributed by atoms with Crippen molar-refractivity contribution in [2.75, 3.05) is 0 Å². The summed E-state index contributed by atoms with van der Waals surface area (Å²) < 4.78 is 0. The van der Waals surface area contributed by atoms with Crippen LogP contribution < -0.4 is 0 Å². The highest BCUT2D eigenvalue weighted by Gasteiger charge is 2.11. The van der Waals surface area contributed by atoms with E-state index in [1.165, 1.54) is 0 Å². The van der Waals surface area contributed by atoms with Crippen LogP contribution in [0.5, 0.6) is 0 Å². The van der Waals surface area contributed by atoms with E-state index in [0.717, 1.165) is 24.8 Å². The van der Waals surface area contributed by atoms with Crippen LogP contribution in [0.3, 0.4) is 0 Å². The first kappa shape index (κ1) is 11.8. The average molecular weight is 233 g/mol. The van der Waals surface area contributed by atoms with Gasteiger partial charge in [0.25, 0.3) is 0 Å². The van der Waals surface area contributed by atoms with E-state index >= 15 is 0 Å². The highest BCUT2D eigenvalue weighted by atomic mass is 35.5. The zero-order valence-corrected chi connectivity index (χ0v) is 9.65. The lowest BCUT2D eigenvalue weighted by molar-refractivity contribution is 0.164. The molecule has 1 aromatic rings. The summed E-state index contributed by atoms with van der Waals surface area (Å²) in [6.07, 6.45) is 2.29. The molecule has 78 valence electrons. The highest BCUT2D eigenvalue weighted by molar-refractivity contribution is 6.33. The standard InChI is InChI=1S/C11H14Cl2O/c1-2-3-4-11(14)9-7-8(12)5-6-10(9)13/h5-7,11,14H,2-4H2,1H3. The van der Waals surface area contributed by atoms with Crippen molar-refractivity contribution in [3.8, 4) is 0 Å². The lowest BCUT2D eigenvalue weighted by Crippen LogP contribution is -1.98. The summed E-state index contributed by atoms with van der Waals surface area (Å²) in [6, 6.07) is 5.17. The van der Waals surface area contributed by atoms with E-state index in [4.69, 9.17) is 23.2 Å². The molecule has 0 saturated heterocycles. The molecule has 1 aromatic carbocycles. The van der Waals surface area contributed by atoms with E-state index < -0.39 is 6.10 Å². The zero-order valence-electron chi connectivity index (χ0n) is 8.13. The van der Waals surface area contributed by atoms with Crippen molar-refractivity contribution in [3.05, 3.63) is 33.8 Å². The zero-order chi connectivity index (χ0) is 10.6. The van der Waals surface area contributed by atoms with Crippen LogP contribution in [-0.2, 0) is 0 Å². The third kappa shape index (κ3) is 3.16. The van der Waals surface area contributed by atoms with Crippen LogP contribution >= 0.6 is 23.2 Å². The number of aliphatic hydroxyl groups is 1. The minimum Gasteiger partial charge on any atom is -0.388 e. The number of hydrogen-bond donors (Lipinski definition) is 1. The molecule has 0 saturated carbocycles. The minimum absolute atomic E-state index is 0.499. The van der Waals surface area contributed by atoms with Gasteiger partial charge in [-0.3, -0.25) is 0 Å². The summed E-state index contributed by atoms with van der Waals surface area (Å²) in [5.74, 6) is 0. The van der Waals surface area contributed by atoms with Gasteiger partial charge in [0.05, 0.1) is 6.10 Å². The van der Waals surface area contributed by atoms with Crippen molar-refractivity contribution in [2.24, 2.45) is 0 Å². The van der Waals surface area contributed by atoms with Crippen molar-refractivity contribution in [2.45, 2.75) is 32.3 Å². The Morgan fingerprint density at radius 2 is 2.07 bits per heavy atom. The van der Waals surface area contributed by atoms with E-state index in [1.807, 2.05) is 0 Å². The first-order valence-corrected chi connectivity index (χ1v) is 5.53. The fourth-order valence-electron chi connectivity index (χ4n) is 1.32. The molecule has 1 atom stereocenters. The maximum Gasteiger partial charge on any atom is 0.0805 e. The molecule has 0 amide bonds. The molecule has 14 heavy (non-hydrogen) atoms. The van der Waals surface area contributed by atoms with Crippen LogP contribution in [0.15, 0.2) is 18.2 Å². The fraction of sp³-hybridized carbons (Fsp3) is 0.455. The van der Waals surface area contributed by atoms with Crippen LogP contribution in [0, 0.1) is 0 Å². The first-order chi connectivity index (χ1) is 6.65. The van der Waals surface area contributed by atoms with Gasteiger partial charge in [-0.2, -0.15) is 0 Å². The van der Waals surface area contributed by atoms with Gasteiger partial charge >= 0.3 is 0 Å². The quantitative estimate of drug-likeness (QED) is 0.825. The molecular weight excluding hydrogens is 219 g/mol. The van der Waals surface area contributed by atoms with E-state index in [1.54, 1.807) is 18.2 Å². The Kier molecular flexibility index (Phi) is 4.73. The van der Waals surface area contributed by atoms with E-state index in [0.29, 0.717) is 10.0 Å². The highest BCUT2D eigenvalue weighted by Crippen LogP contribution is 2.28. The van der Waals surface area contributed by atoms with Gasteiger partial charge in [0.15, 0.2) is 0 Å². The van der Waals surface area contributed by atoms with Crippen molar-refractivity contribution in [3.63, 3.8) is 0 Å². The number of benzene rings is 1. The largest absolute Gasteiger partial charge is 0.388 e. The molecule has 0 aromatic heterocycles. The van der Waals surface area contributed by atoms with Gasteiger partial charge in [-0.15, -0.1) is 0 Å². The number of aliphatic hydroxyl groups excluding tert-OH is 1. The molecule has 0 spiro atoms. The van der Waals surface area contributed by atoms with Gasteiger partial charge in [0.1, 0.15) is 0 Å². The molecule has 0 bridgehead atoms. The lowest BCUT2D eigenvalue weighted by Gasteiger charge is -2.12. The van der Waals surface area contributed by atoms with E-state index in [2.05, 4.69) is 6.92 Å². The summed E-state index contributed by atoms with van der Waals surface area (Å²) in [4.78, 5) is 0. The number of unbranched alkanes of at least 4 members (excludes halogenated alkanes) is 1. The van der Waals surface area contributed by atoms with Crippen LogP contribution in [0.1, 0.15) is 37.9 Å². The smallest absolute Gasteiger partial charge is 0.0805 e. The second kappa shape index (κ2) is 5.59. The normalized spacial score (nSPS) is 12.9. The average Bonchev–Trinajstić information content (AvgIpc) is 2.18. The minimum atomic E-state index is -0.499. The Morgan fingerprint density at radius 3 is 2.71 bits per heavy atom. The van der Waals surface area contributed by atoms with Gasteiger partial charge in [0, 0.05) is 15.6 Å². The monoisotopic (exact) mass is 232 g/mol. The molecule has 0 aliphatic carbocycles. The van der Waals surface area contributed by atoms with Crippen molar-refractivity contribution < 1.29 is 5.11 Å². The predicted molar refractivity (Wildman–Crippen MR) is 60.9 cm³/mol. The number of rotatable bonds is 4. The molecule has 1 rings (SSSR count). The molecule has 0 heterocycles. The van der Waals surface area contributed by atoms with Gasteiger partial charge < -0.3 is 5.11 Å². The van der Waals surface area contributed by atoms with Gasteiger partial charge in [-0.1, -0.05) is 43.0 Å². The summed E-state index contributed by atoms with van der Waals surface area (Å²) in [6.45, 7) is 2.09. The van der Waals surface area contributed by atoms with Crippen LogP contribution in [0.25, 0.3) is 0 Å². The molecule has 0 aliphatic heterocycles. The maximum atomic E-state index is 9.81. The number of halogens is 2. The SMILES string of the molecule is CCCCC(O)c1cc(Cl)ccc1Cl. The molecular formula is C11H14Cl2O. The molecule has 0 radical (unpaired) electrons. The van der Waals surface area contributed by atoms with Crippen LogP contribution in [-0.4, -0.2) is 5.11 Å². The Labute approximate surface area is 94.7 Å². The second-order valence-corrected chi connectivity index (χ2v) is 4.17. The predicted octanol–water partition coefficient (Wildman–Crippen LogP) is 4.22. The molecule has 0 fully saturated rings. The molecule has 1 N–H and O–H groups in total. The molecule has 1 unspecified atom stereocenters. The fourth-order valence-corrected chi connectivity index (χ4v) is 1.75. The van der Waals surface area contributed by atoms with Crippen LogP contribution in [0.4, 0.5) is 0 Å². The summed E-state index contributed by atoms with van der Waals surface area (Å²) in [5, 5.41) is 11.0. The van der Waals surface area contributed by atoms with Crippen molar-refractivity contribution in [1.29, 1.82) is 0 Å².